The monoisotopic (exact) mass is 399 g/mol. The molecule has 0 bridgehead atoms. The maximum Gasteiger partial charge on any atom is 0.168 e. The van der Waals surface area contributed by atoms with Crippen molar-refractivity contribution >= 4 is 0 Å². The highest BCUT2D eigenvalue weighted by molar-refractivity contribution is 5.68. The standard InChI is InChI=1S/C22H21N7O/c1-14-9-15(2)29(26-14)20-11-18(24-13-25-20)10-19-22(30-4)21(27-28(19)3)17-7-5-16(12-23)6-8-17/h5-9,11,13H,10H2,1-4H3. The SMILES string of the molecule is COc1c(-c2ccc(C#N)cc2)nn(C)c1Cc1cc(-n2nc(C)cc2C)ncn1. The summed E-state index contributed by atoms with van der Waals surface area (Å²) in [7, 11) is 3.52. The van der Waals surface area contributed by atoms with Gasteiger partial charge in [-0.3, -0.25) is 4.68 Å². The molecule has 0 amide bonds. The van der Waals surface area contributed by atoms with E-state index in [0.717, 1.165) is 39.9 Å². The van der Waals surface area contributed by atoms with Crippen molar-refractivity contribution in [2.24, 2.45) is 7.05 Å². The summed E-state index contributed by atoms with van der Waals surface area (Å²) in [6.45, 7) is 3.95. The fourth-order valence-electron chi connectivity index (χ4n) is 3.47. The lowest BCUT2D eigenvalue weighted by Gasteiger charge is -2.08. The second-order valence-electron chi connectivity index (χ2n) is 7.02. The van der Waals surface area contributed by atoms with E-state index in [4.69, 9.17) is 10.00 Å². The van der Waals surface area contributed by atoms with Crippen LogP contribution in [0.2, 0.25) is 0 Å². The Kier molecular flexibility index (Phi) is 5.02. The number of aryl methyl sites for hydroxylation is 3. The van der Waals surface area contributed by atoms with E-state index < -0.39 is 0 Å². The number of aromatic nitrogens is 6. The van der Waals surface area contributed by atoms with Crippen LogP contribution in [0.25, 0.3) is 17.1 Å². The Balaban J connectivity index is 1.70. The quantitative estimate of drug-likeness (QED) is 0.512. The summed E-state index contributed by atoms with van der Waals surface area (Å²) in [5.41, 5.74) is 5.90. The summed E-state index contributed by atoms with van der Waals surface area (Å²) < 4.78 is 9.32. The van der Waals surface area contributed by atoms with Crippen molar-refractivity contribution in [1.29, 1.82) is 5.26 Å². The van der Waals surface area contributed by atoms with Gasteiger partial charge in [0.15, 0.2) is 11.6 Å². The van der Waals surface area contributed by atoms with Crippen molar-refractivity contribution in [2.75, 3.05) is 7.11 Å². The Morgan fingerprint density at radius 2 is 1.83 bits per heavy atom. The van der Waals surface area contributed by atoms with Crippen molar-refractivity contribution in [2.45, 2.75) is 20.3 Å². The van der Waals surface area contributed by atoms with Gasteiger partial charge in [0, 0.05) is 30.8 Å². The minimum atomic E-state index is 0.526. The molecule has 0 aliphatic carbocycles. The number of hydrogen-bond acceptors (Lipinski definition) is 6. The molecule has 0 unspecified atom stereocenters. The molecule has 0 aliphatic heterocycles. The first-order chi connectivity index (χ1) is 14.5. The van der Waals surface area contributed by atoms with Crippen LogP contribution >= 0.6 is 0 Å². The van der Waals surface area contributed by atoms with Crippen molar-refractivity contribution < 1.29 is 4.74 Å². The van der Waals surface area contributed by atoms with Gasteiger partial charge in [0.05, 0.1) is 35.8 Å². The summed E-state index contributed by atoms with van der Waals surface area (Å²) in [4.78, 5) is 8.80. The molecule has 1 aromatic carbocycles. The van der Waals surface area contributed by atoms with Crippen molar-refractivity contribution in [3.63, 3.8) is 0 Å². The first-order valence-corrected chi connectivity index (χ1v) is 9.45. The topological polar surface area (TPSA) is 94.4 Å². The lowest BCUT2D eigenvalue weighted by molar-refractivity contribution is 0.410. The molecule has 0 N–H and O–H groups in total. The lowest BCUT2D eigenvalue weighted by Crippen LogP contribution is -2.06. The van der Waals surface area contributed by atoms with E-state index in [-0.39, 0.29) is 0 Å². The van der Waals surface area contributed by atoms with Crippen LogP contribution in [-0.2, 0) is 13.5 Å². The number of ether oxygens (including phenoxy) is 1. The van der Waals surface area contributed by atoms with E-state index in [0.29, 0.717) is 17.7 Å². The third kappa shape index (κ3) is 3.53. The first-order valence-electron chi connectivity index (χ1n) is 9.45. The molecule has 0 fully saturated rings. The molecule has 30 heavy (non-hydrogen) atoms. The Labute approximate surface area is 174 Å². The van der Waals surface area contributed by atoms with Gasteiger partial charge >= 0.3 is 0 Å². The molecule has 0 radical (unpaired) electrons. The zero-order valence-electron chi connectivity index (χ0n) is 17.3. The largest absolute Gasteiger partial charge is 0.492 e. The Morgan fingerprint density at radius 3 is 2.47 bits per heavy atom. The van der Waals surface area contributed by atoms with Gasteiger partial charge in [0.2, 0.25) is 0 Å². The number of methoxy groups -OCH3 is 1. The predicted octanol–water partition coefficient (Wildman–Crippen LogP) is 3.15. The second kappa shape index (κ2) is 7.79. The van der Waals surface area contributed by atoms with Gasteiger partial charge in [-0.15, -0.1) is 0 Å². The molecular weight excluding hydrogens is 378 g/mol. The average molecular weight is 399 g/mol. The summed E-state index contributed by atoms with van der Waals surface area (Å²) >= 11 is 0. The van der Waals surface area contributed by atoms with E-state index in [1.807, 2.05) is 49.8 Å². The molecule has 8 nitrogen and oxygen atoms in total. The van der Waals surface area contributed by atoms with Crippen molar-refractivity contribution in [3.05, 3.63) is 71.1 Å². The van der Waals surface area contributed by atoms with Crippen LogP contribution in [0.3, 0.4) is 0 Å². The van der Waals surface area contributed by atoms with Crippen LogP contribution in [0.4, 0.5) is 0 Å². The smallest absolute Gasteiger partial charge is 0.168 e. The molecule has 0 saturated heterocycles. The number of hydrogen-bond donors (Lipinski definition) is 0. The molecule has 0 atom stereocenters. The van der Waals surface area contributed by atoms with Gasteiger partial charge in [-0.05, 0) is 32.0 Å². The van der Waals surface area contributed by atoms with Crippen LogP contribution < -0.4 is 4.74 Å². The minimum absolute atomic E-state index is 0.526. The van der Waals surface area contributed by atoms with Gasteiger partial charge in [0.1, 0.15) is 12.0 Å². The first kappa shape index (κ1) is 19.3. The highest BCUT2D eigenvalue weighted by Crippen LogP contribution is 2.33. The summed E-state index contributed by atoms with van der Waals surface area (Å²) in [5, 5.41) is 18.2. The molecule has 4 rings (SSSR count). The summed E-state index contributed by atoms with van der Waals surface area (Å²) in [5.74, 6) is 1.41. The zero-order valence-corrected chi connectivity index (χ0v) is 17.3. The van der Waals surface area contributed by atoms with Gasteiger partial charge in [0.25, 0.3) is 0 Å². The lowest BCUT2D eigenvalue weighted by atomic mass is 10.1. The third-order valence-corrected chi connectivity index (χ3v) is 4.89. The average Bonchev–Trinajstić information content (AvgIpc) is 3.26. The molecule has 3 aromatic heterocycles. The van der Waals surface area contributed by atoms with Crippen LogP contribution in [0.1, 0.15) is 28.3 Å². The molecule has 8 heteroatoms. The highest BCUT2D eigenvalue weighted by atomic mass is 16.5. The van der Waals surface area contributed by atoms with Crippen LogP contribution in [0, 0.1) is 25.2 Å². The van der Waals surface area contributed by atoms with Crippen molar-refractivity contribution in [1.82, 2.24) is 29.5 Å². The fourth-order valence-corrected chi connectivity index (χ4v) is 3.47. The van der Waals surface area contributed by atoms with Crippen LogP contribution in [0.15, 0.2) is 42.7 Å². The van der Waals surface area contributed by atoms with Crippen molar-refractivity contribution in [3.8, 4) is 28.9 Å². The van der Waals surface area contributed by atoms with Gasteiger partial charge in [-0.25, -0.2) is 14.6 Å². The molecule has 0 saturated carbocycles. The fraction of sp³-hybridized carbons (Fsp3) is 0.227. The second-order valence-corrected chi connectivity index (χ2v) is 7.02. The van der Waals surface area contributed by atoms with Gasteiger partial charge < -0.3 is 4.74 Å². The van der Waals surface area contributed by atoms with E-state index in [1.165, 1.54) is 0 Å². The van der Waals surface area contributed by atoms with E-state index >= 15 is 0 Å². The number of benzene rings is 1. The Morgan fingerprint density at radius 1 is 1.07 bits per heavy atom. The number of nitrogens with zero attached hydrogens (tertiary/aromatic N) is 7. The number of nitriles is 1. The third-order valence-electron chi connectivity index (χ3n) is 4.89. The normalized spacial score (nSPS) is 10.8. The van der Waals surface area contributed by atoms with E-state index in [2.05, 4.69) is 26.2 Å². The van der Waals surface area contributed by atoms with Crippen LogP contribution in [0.5, 0.6) is 5.75 Å². The highest BCUT2D eigenvalue weighted by Gasteiger charge is 2.20. The maximum absolute atomic E-state index is 9.02. The molecular formula is C22H21N7O. The molecule has 3 heterocycles. The summed E-state index contributed by atoms with van der Waals surface area (Å²) in [6.07, 6.45) is 2.07. The van der Waals surface area contributed by atoms with Gasteiger partial charge in [-0.1, -0.05) is 12.1 Å². The summed E-state index contributed by atoms with van der Waals surface area (Å²) in [6, 6.07) is 13.4. The molecule has 150 valence electrons. The molecule has 0 spiro atoms. The predicted molar refractivity (Wildman–Crippen MR) is 111 cm³/mol. The molecule has 4 aromatic rings. The molecule has 0 aliphatic rings. The maximum atomic E-state index is 9.02. The van der Waals surface area contributed by atoms with Crippen LogP contribution in [-0.4, -0.2) is 36.6 Å². The minimum Gasteiger partial charge on any atom is -0.492 e. The van der Waals surface area contributed by atoms with E-state index in [9.17, 15) is 0 Å². The Bertz CT molecular complexity index is 1250. The van der Waals surface area contributed by atoms with Gasteiger partial charge in [-0.2, -0.15) is 15.5 Å². The Hall–Kier alpha value is -3.99. The number of rotatable bonds is 5. The van der Waals surface area contributed by atoms with E-state index in [1.54, 1.807) is 30.3 Å². The zero-order chi connectivity index (χ0) is 21.3.